The SMILES string of the molecule is C=C/C=C\N(C)C#N. The second-order valence-corrected chi connectivity index (χ2v) is 1.29. The zero-order valence-corrected chi connectivity index (χ0v) is 4.83. The van der Waals surface area contributed by atoms with Crippen molar-refractivity contribution >= 4 is 0 Å². The van der Waals surface area contributed by atoms with Gasteiger partial charge < -0.3 is 0 Å². The quantitative estimate of drug-likeness (QED) is 0.301. The van der Waals surface area contributed by atoms with Crippen molar-refractivity contribution < 1.29 is 0 Å². The average molecular weight is 108 g/mol. The van der Waals surface area contributed by atoms with Crippen molar-refractivity contribution in [1.82, 2.24) is 4.90 Å². The van der Waals surface area contributed by atoms with Crippen molar-refractivity contribution in [1.29, 1.82) is 5.26 Å². The molecule has 0 aliphatic rings. The molecule has 8 heavy (non-hydrogen) atoms. The van der Waals surface area contributed by atoms with Gasteiger partial charge in [-0.2, -0.15) is 5.26 Å². The first-order valence-electron chi connectivity index (χ1n) is 2.23. The average Bonchev–Trinajstić information content (AvgIpc) is 1.83. The number of nitrogens with zero attached hydrogens (tertiary/aromatic N) is 2. The topological polar surface area (TPSA) is 27.0 Å². The molecular weight excluding hydrogens is 100 g/mol. The van der Waals surface area contributed by atoms with E-state index < -0.39 is 0 Å². The summed E-state index contributed by atoms with van der Waals surface area (Å²) < 4.78 is 0. The predicted octanol–water partition coefficient (Wildman–Crippen LogP) is 1.10. The van der Waals surface area contributed by atoms with E-state index in [9.17, 15) is 0 Å². The molecule has 0 bridgehead atoms. The Hall–Kier alpha value is -1.23. The Bertz CT molecular complexity index is 130. The van der Waals surface area contributed by atoms with Crippen LogP contribution in [0, 0.1) is 11.5 Å². The van der Waals surface area contributed by atoms with E-state index in [1.807, 2.05) is 6.19 Å². The molecule has 2 nitrogen and oxygen atoms in total. The molecule has 0 rings (SSSR count). The van der Waals surface area contributed by atoms with Crippen molar-refractivity contribution in [3.63, 3.8) is 0 Å². The number of rotatable bonds is 2. The van der Waals surface area contributed by atoms with Crippen molar-refractivity contribution in [3.05, 3.63) is 24.9 Å². The zero-order chi connectivity index (χ0) is 6.41. The van der Waals surface area contributed by atoms with Crippen LogP contribution in [0.4, 0.5) is 0 Å². The molecule has 0 atom stereocenters. The molecule has 0 saturated carbocycles. The van der Waals surface area contributed by atoms with E-state index in [0.717, 1.165) is 0 Å². The van der Waals surface area contributed by atoms with Crippen LogP contribution in [0.25, 0.3) is 0 Å². The molecule has 0 heterocycles. The highest BCUT2D eigenvalue weighted by atomic mass is 15.1. The lowest BCUT2D eigenvalue weighted by molar-refractivity contribution is 0.648. The smallest absolute Gasteiger partial charge is 0.183 e. The summed E-state index contributed by atoms with van der Waals surface area (Å²) in [6.07, 6.45) is 6.85. The molecule has 0 aromatic rings. The van der Waals surface area contributed by atoms with Crippen LogP contribution in [0.1, 0.15) is 0 Å². The van der Waals surface area contributed by atoms with Crippen molar-refractivity contribution in [2.75, 3.05) is 7.05 Å². The van der Waals surface area contributed by atoms with E-state index in [4.69, 9.17) is 5.26 Å². The minimum atomic E-state index is 1.39. The van der Waals surface area contributed by atoms with Crippen LogP contribution >= 0.6 is 0 Å². The Kier molecular flexibility index (Phi) is 3.34. The Balaban J connectivity index is 3.56. The van der Waals surface area contributed by atoms with Gasteiger partial charge in [0.25, 0.3) is 0 Å². The van der Waals surface area contributed by atoms with Gasteiger partial charge in [-0.1, -0.05) is 12.7 Å². The zero-order valence-electron chi connectivity index (χ0n) is 4.83. The summed E-state index contributed by atoms with van der Waals surface area (Å²) in [6.45, 7) is 3.44. The molecule has 0 spiro atoms. The fourth-order valence-electron chi connectivity index (χ4n) is 0.223. The molecule has 0 aromatic heterocycles. The Morgan fingerprint density at radius 1 is 1.75 bits per heavy atom. The largest absolute Gasteiger partial charge is 0.290 e. The Morgan fingerprint density at radius 2 is 2.38 bits per heavy atom. The molecule has 0 radical (unpaired) electrons. The first-order valence-corrected chi connectivity index (χ1v) is 2.23. The van der Waals surface area contributed by atoms with Gasteiger partial charge in [-0.25, -0.2) is 0 Å². The Morgan fingerprint density at radius 3 is 2.75 bits per heavy atom. The summed E-state index contributed by atoms with van der Waals surface area (Å²) in [5.74, 6) is 0. The highest BCUT2D eigenvalue weighted by Gasteiger charge is 1.76. The minimum absolute atomic E-state index is 1.39. The summed E-state index contributed by atoms with van der Waals surface area (Å²) >= 11 is 0. The van der Waals surface area contributed by atoms with Gasteiger partial charge in [-0.05, 0) is 6.08 Å². The highest BCUT2D eigenvalue weighted by Crippen LogP contribution is 1.78. The standard InChI is InChI=1S/C6H8N2/c1-3-4-5-8(2)6-7/h3-5H,1H2,2H3/b5-4-. The molecular formula is C6H8N2. The van der Waals surface area contributed by atoms with E-state index in [0.29, 0.717) is 0 Å². The molecule has 0 aliphatic heterocycles. The summed E-state index contributed by atoms with van der Waals surface area (Å²) in [5.41, 5.74) is 0. The molecule has 0 N–H and O–H groups in total. The third kappa shape index (κ3) is 2.98. The van der Waals surface area contributed by atoms with Crippen LogP contribution in [-0.2, 0) is 0 Å². The van der Waals surface area contributed by atoms with Crippen molar-refractivity contribution in [2.45, 2.75) is 0 Å². The van der Waals surface area contributed by atoms with E-state index in [-0.39, 0.29) is 0 Å². The second kappa shape index (κ2) is 3.94. The van der Waals surface area contributed by atoms with Gasteiger partial charge in [0.2, 0.25) is 0 Å². The molecule has 0 aliphatic carbocycles. The lowest BCUT2D eigenvalue weighted by atomic mass is 10.6. The molecule has 42 valence electrons. The fraction of sp³-hybridized carbons (Fsp3) is 0.167. The normalized spacial score (nSPS) is 8.50. The van der Waals surface area contributed by atoms with E-state index in [2.05, 4.69) is 6.58 Å². The number of hydrogen-bond donors (Lipinski definition) is 0. The summed E-state index contributed by atoms with van der Waals surface area (Å²) in [6, 6.07) is 0. The van der Waals surface area contributed by atoms with Crippen LogP contribution in [0.3, 0.4) is 0 Å². The summed E-state index contributed by atoms with van der Waals surface area (Å²) in [7, 11) is 1.67. The van der Waals surface area contributed by atoms with Gasteiger partial charge >= 0.3 is 0 Å². The maximum absolute atomic E-state index is 8.15. The van der Waals surface area contributed by atoms with Crippen LogP contribution in [0.15, 0.2) is 24.9 Å². The monoisotopic (exact) mass is 108 g/mol. The van der Waals surface area contributed by atoms with Gasteiger partial charge in [-0.3, -0.25) is 4.90 Å². The first kappa shape index (κ1) is 6.77. The predicted molar refractivity (Wildman–Crippen MR) is 32.7 cm³/mol. The fourth-order valence-corrected chi connectivity index (χ4v) is 0.223. The maximum atomic E-state index is 8.15. The molecule has 0 saturated heterocycles. The number of hydrogen-bond acceptors (Lipinski definition) is 2. The van der Waals surface area contributed by atoms with Gasteiger partial charge in [0, 0.05) is 13.2 Å². The molecule has 0 amide bonds. The lowest BCUT2D eigenvalue weighted by Crippen LogP contribution is -1.98. The lowest BCUT2D eigenvalue weighted by Gasteiger charge is -1.95. The van der Waals surface area contributed by atoms with E-state index >= 15 is 0 Å². The van der Waals surface area contributed by atoms with Gasteiger partial charge in [-0.15, -0.1) is 0 Å². The van der Waals surface area contributed by atoms with Gasteiger partial charge in [0.05, 0.1) is 0 Å². The van der Waals surface area contributed by atoms with Crippen molar-refractivity contribution in [2.24, 2.45) is 0 Å². The maximum Gasteiger partial charge on any atom is 0.183 e. The third-order valence-electron chi connectivity index (χ3n) is 0.603. The summed E-state index contributed by atoms with van der Waals surface area (Å²) in [5, 5.41) is 8.15. The molecule has 0 unspecified atom stereocenters. The van der Waals surface area contributed by atoms with Crippen LogP contribution < -0.4 is 0 Å². The third-order valence-corrected chi connectivity index (χ3v) is 0.603. The highest BCUT2D eigenvalue weighted by molar-refractivity contribution is 4.98. The molecule has 0 aromatic carbocycles. The van der Waals surface area contributed by atoms with E-state index in [1.165, 1.54) is 4.90 Å². The second-order valence-electron chi connectivity index (χ2n) is 1.29. The van der Waals surface area contributed by atoms with Crippen LogP contribution in [-0.4, -0.2) is 11.9 Å². The van der Waals surface area contributed by atoms with Gasteiger partial charge in [0.15, 0.2) is 6.19 Å². The van der Waals surface area contributed by atoms with Crippen LogP contribution in [0.2, 0.25) is 0 Å². The Labute approximate surface area is 49.3 Å². The van der Waals surface area contributed by atoms with Crippen molar-refractivity contribution in [3.8, 4) is 6.19 Å². The summed E-state index contributed by atoms with van der Waals surface area (Å²) in [4.78, 5) is 1.39. The van der Waals surface area contributed by atoms with Crippen LogP contribution in [0.5, 0.6) is 0 Å². The minimum Gasteiger partial charge on any atom is -0.290 e. The van der Waals surface area contributed by atoms with E-state index in [1.54, 1.807) is 25.4 Å². The number of allylic oxidation sites excluding steroid dienone is 2. The molecule has 0 fully saturated rings. The molecule has 2 heteroatoms. The number of nitriles is 1. The van der Waals surface area contributed by atoms with Gasteiger partial charge in [0.1, 0.15) is 0 Å². The first-order chi connectivity index (χ1) is 3.81.